The summed E-state index contributed by atoms with van der Waals surface area (Å²) in [5.74, 6) is 1.35. The van der Waals surface area contributed by atoms with Crippen molar-refractivity contribution in [2.45, 2.75) is 30.8 Å². The lowest BCUT2D eigenvalue weighted by Crippen LogP contribution is -2.30. The van der Waals surface area contributed by atoms with Crippen LogP contribution in [0.3, 0.4) is 0 Å². The topological polar surface area (TPSA) is 92.8 Å². The lowest BCUT2D eigenvalue weighted by atomic mass is 10.1. The van der Waals surface area contributed by atoms with E-state index in [2.05, 4.69) is 4.72 Å². The first kappa shape index (κ1) is 19.9. The number of rotatable bonds is 9. The van der Waals surface area contributed by atoms with Gasteiger partial charge in [0.15, 0.2) is 0 Å². The van der Waals surface area contributed by atoms with Crippen molar-refractivity contribution in [1.29, 1.82) is 0 Å². The maximum Gasteiger partial charge on any atom is 0.240 e. The molecule has 7 nitrogen and oxygen atoms in total. The summed E-state index contributed by atoms with van der Waals surface area (Å²) in [5.41, 5.74) is 0.888. The van der Waals surface area contributed by atoms with Crippen LogP contribution in [-0.4, -0.2) is 26.3 Å². The molecule has 28 heavy (non-hydrogen) atoms. The predicted octanol–water partition coefficient (Wildman–Crippen LogP) is 2.94. The van der Waals surface area contributed by atoms with E-state index in [0.717, 1.165) is 5.56 Å². The zero-order valence-corrected chi connectivity index (χ0v) is 16.3. The van der Waals surface area contributed by atoms with E-state index in [4.69, 9.17) is 8.83 Å². The van der Waals surface area contributed by atoms with E-state index in [9.17, 15) is 13.2 Å². The zero-order chi connectivity index (χ0) is 20.0. The Morgan fingerprint density at radius 2 is 1.54 bits per heavy atom. The maximum absolute atomic E-state index is 12.8. The second kappa shape index (κ2) is 8.90. The second-order valence-electron chi connectivity index (χ2n) is 6.26. The number of carbonyl (C=O) groups excluding carboxylic acids is 1. The number of nitrogens with one attached hydrogen (secondary N) is 1. The summed E-state index contributed by atoms with van der Waals surface area (Å²) in [6, 6.07) is 13.7. The lowest BCUT2D eigenvalue weighted by Gasteiger charge is -2.20. The van der Waals surface area contributed by atoms with Gasteiger partial charge in [0, 0.05) is 6.42 Å². The summed E-state index contributed by atoms with van der Waals surface area (Å²) >= 11 is 0. The molecule has 148 valence electrons. The summed E-state index contributed by atoms with van der Waals surface area (Å²) in [5, 5.41) is 0. The molecule has 0 saturated heterocycles. The van der Waals surface area contributed by atoms with Crippen molar-refractivity contribution in [3.63, 3.8) is 0 Å². The second-order valence-corrected chi connectivity index (χ2v) is 8.15. The van der Waals surface area contributed by atoms with E-state index in [1.54, 1.807) is 41.7 Å². The van der Waals surface area contributed by atoms with Gasteiger partial charge in [-0.3, -0.25) is 4.79 Å². The quantitative estimate of drug-likeness (QED) is 0.594. The molecule has 1 N–H and O–H groups in total. The first-order valence-corrected chi connectivity index (χ1v) is 10.3. The van der Waals surface area contributed by atoms with Crippen LogP contribution in [0, 0.1) is 0 Å². The molecule has 0 fully saturated rings. The predicted molar refractivity (Wildman–Crippen MR) is 103 cm³/mol. The minimum atomic E-state index is -3.46. The van der Waals surface area contributed by atoms with Gasteiger partial charge in [0.05, 0.1) is 30.5 Å². The van der Waals surface area contributed by atoms with Gasteiger partial charge in [0.2, 0.25) is 15.9 Å². The smallest absolute Gasteiger partial charge is 0.240 e. The van der Waals surface area contributed by atoms with Crippen molar-refractivity contribution < 1.29 is 22.0 Å². The summed E-state index contributed by atoms with van der Waals surface area (Å²) in [7, 11) is -2.09. The molecule has 0 radical (unpaired) electrons. The molecule has 3 rings (SSSR count). The van der Waals surface area contributed by atoms with Crippen LogP contribution >= 0.6 is 0 Å². The SMILES string of the molecule is CNS(=O)(=O)c1ccc(CCC(=O)N(Cc2ccco2)Cc2ccco2)cc1. The van der Waals surface area contributed by atoms with Crippen LogP contribution in [0.5, 0.6) is 0 Å². The van der Waals surface area contributed by atoms with Crippen LogP contribution in [0.15, 0.2) is 74.8 Å². The van der Waals surface area contributed by atoms with Crippen molar-refractivity contribution in [1.82, 2.24) is 9.62 Å². The van der Waals surface area contributed by atoms with Gasteiger partial charge < -0.3 is 13.7 Å². The van der Waals surface area contributed by atoms with E-state index in [1.165, 1.54) is 19.2 Å². The monoisotopic (exact) mass is 402 g/mol. The van der Waals surface area contributed by atoms with E-state index in [-0.39, 0.29) is 10.8 Å². The molecule has 0 aliphatic rings. The Hall–Kier alpha value is -2.84. The molecule has 0 spiro atoms. The first-order valence-electron chi connectivity index (χ1n) is 8.83. The molecule has 0 unspecified atom stereocenters. The Balaban J connectivity index is 1.64. The standard InChI is InChI=1S/C20H22N2O5S/c1-21-28(24,25)19-9-6-16(7-10-19)8-11-20(23)22(14-17-4-2-12-26-17)15-18-5-3-13-27-18/h2-7,9-10,12-13,21H,8,11,14-15H2,1H3. The largest absolute Gasteiger partial charge is 0.467 e. The molecule has 0 atom stereocenters. The molecule has 3 aromatic rings. The van der Waals surface area contributed by atoms with Crippen molar-refractivity contribution in [3.05, 3.63) is 78.1 Å². The van der Waals surface area contributed by atoms with Crippen molar-refractivity contribution >= 4 is 15.9 Å². The van der Waals surface area contributed by atoms with Gasteiger partial charge in [0.1, 0.15) is 11.5 Å². The number of nitrogens with zero attached hydrogens (tertiary/aromatic N) is 1. The molecule has 1 amide bonds. The van der Waals surface area contributed by atoms with E-state index in [0.29, 0.717) is 37.5 Å². The van der Waals surface area contributed by atoms with Crippen LogP contribution < -0.4 is 4.72 Å². The Labute approximate surface area is 164 Å². The number of hydrogen-bond acceptors (Lipinski definition) is 5. The molecule has 2 heterocycles. The van der Waals surface area contributed by atoms with Crippen molar-refractivity contribution in [3.8, 4) is 0 Å². The Bertz CT molecular complexity index is 942. The van der Waals surface area contributed by atoms with Crippen LogP contribution in [0.2, 0.25) is 0 Å². The molecule has 0 aliphatic heterocycles. The molecular formula is C20H22N2O5S. The highest BCUT2D eigenvalue weighted by Crippen LogP contribution is 2.15. The Morgan fingerprint density at radius 3 is 2.00 bits per heavy atom. The Morgan fingerprint density at radius 1 is 0.964 bits per heavy atom. The summed E-state index contributed by atoms with van der Waals surface area (Å²) < 4.78 is 36.6. The summed E-state index contributed by atoms with van der Waals surface area (Å²) in [6.45, 7) is 0.706. The van der Waals surface area contributed by atoms with Gasteiger partial charge in [-0.1, -0.05) is 12.1 Å². The van der Waals surface area contributed by atoms with Crippen LogP contribution in [0.25, 0.3) is 0 Å². The third-order valence-corrected chi connectivity index (χ3v) is 5.77. The first-order chi connectivity index (χ1) is 13.5. The summed E-state index contributed by atoms with van der Waals surface area (Å²) in [6.07, 6.45) is 3.95. The fourth-order valence-corrected chi connectivity index (χ4v) is 3.51. The van der Waals surface area contributed by atoms with Crippen molar-refractivity contribution in [2.24, 2.45) is 0 Å². The molecule has 1 aromatic carbocycles. The maximum atomic E-state index is 12.8. The van der Waals surface area contributed by atoms with E-state index < -0.39 is 10.0 Å². The van der Waals surface area contributed by atoms with E-state index >= 15 is 0 Å². The highest BCUT2D eigenvalue weighted by molar-refractivity contribution is 7.89. The minimum absolute atomic E-state index is 0.0419. The number of carbonyl (C=O) groups is 1. The van der Waals surface area contributed by atoms with Gasteiger partial charge in [-0.2, -0.15) is 0 Å². The average Bonchev–Trinajstić information content (AvgIpc) is 3.40. The minimum Gasteiger partial charge on any atom is -0.467 e. The third-order valence-electron chi connectivity index (χ3n) is 4.34. The van der Waals surface area contributed by atoms with Gasteiger partial charge in [-0.15, -0.1) is 0 Å². The summed E-state index contributed by atoms with van der Waals surface area (Å²) in [4.78, 5) is 14.7. The molecular weight excluding hydrogens is 380 g/mol. The third kappa shape index (κ3) is 5.11. The highest BCUT2D eigenvalue weighted by atomic mass is 32.2. The molecule has 8 heteroatoms. The highest BCUT2D eigenvalue weighted by Gasteiger charge is 2.17. The number of aryl methyl sites for hydroxylation is 1. The van der Waals surface area contributed by atoms with Gasteiger partial charge >= 0.3 is 0 Å². The molecule has 0 bridgehead atoms. The molecule has 2 aromatic heterocycles. The number of sulfonamides is 1. The van der Waals surface area contributed by atoms with Gasteiger partial charge in [-0.25, -0.2) is 13.1 Å². The van der Waals surface area contributed by atoms with Crippen LogP contribution in [-0.2, 0) is 34.3 Å². The van der Waals surface area contributed by atoms with Crippen LogP contribution in [0.4, 0.5) is 0 Å². The normalized spacial score (nSPS) is 11.5. The number of hydrogen-bond donors (Lipinski definition) is 1. The fourth-order valence-electron chi connectivity index (χ4n) is 2.78. The molecule has 0 aliphatic carbocycles. The zero-order valence-electron chi connectivity index (χ0n) is 15.5. The van der Waals surface area contributed by atoms with E-state index in [1.807, 2.05) is 12.1 Å². The molecule has 0 saturated carbocycles. The van der Waals surface area contributed by atoms with Crippen LogP contribution in [0.1, 0.15) is 23.5 Å². The Kier molecular flexibility index (Phi) is 6.33. The number of furan rings is 2. The number of amides is 1. The van der Waals surface area contributed by atoms with Crippen molar-refractivity contribution in [2.75, 3.05) is 7.05 Å². The number of benzene rings is 1. The van der Waals surface area contributed by atoms with Gasteiger partial charge in [0.25, 0.3) is 0 Å². The lowest BCUT2D eigenvalue weighted by molar-refractivity contribution is -0.133. The average molecular weight is 402 g/mol. The fraction of sp³-hybridized carbons (Fsp3) is 0.250. The van der Waals surface area contributed by atoms with Gasteiger partial charge in [-0.05, 0) is 55.4 Å².